The lowest BCUT2D eigenvalue weighted by atomic mass is 10.1. The summed E-state index contributed by atoms with van der Waals surface area (Å²) >= 11 is 0. The molecule has 8 heteroatoms. The average Bonchev–Trinajstić information content (AvgIpc) is 3.30. The van der Waals surface area contributed by atoms with Gasteiger partial charge >= 0.3 is 0 Å². The Morgan fingerprint density at radius 1 is 1.27 bits per heavy atom. The molecule has 26 heavy (non-hydrogen) atoms. The van der Waals surface area contributed by atoms with Gasteiger partial charge in [0.2, 0.25) is 10.0 Å². The summed E-state index contributed by atoms with van der Waals surface area (Å²) in [5.74, 6) is -0.294. The summed E-state index contributed by atoms with van der Waals surface area (Å²) in [6.07, 6.45) is 1.70. The van der Waals surface area contributed by atoms with E-state index < -0.39 is 15.9 Å². The summed E-state index contributed by atoms with van der Waals surface area (Å²) in [5.41, 5.74) is 6.96. The summed E-state index contributed by atoms with van der Waals surface area (Å²) in [5, 5.41) is 2.69. The average molecular weight is 377 g/mol. The number of hydrogen-bond donors (Lipinski definition) is 2. The van der Waals surface area contributed by atoms with Gasteiger partial charge in [0.1, 0.15) is 10.7 Å². The fourth-order valence-electron chi connectivity index (χ4n) is 3.01. The molecular weight excluding hydrogens is 354 g/mol. The highest BCUT2D eigenvalue weighted by Crippen LogP contribution is 2.26. The van der Waals surface area contributed by atoms with Gasteiger partial charge in [-0.1, -0.05) is 30.3 Å². The molecule has 3 rings (SSSR count). The molecule has 3 N–H and O–H groups in total. The number of nitrogens with one attached hydrogen (secondary N) is 1. The number of sulfonamides is 1. The van der Waals surface area contributed by atoms with Gasteiger partial charge in [0.25, 0.3) is 5.91 Å². The quantitative estimate of drug-likeness (QED) is 0.798. The minimum absolute atomic E-state index is 0.0273. The van der Waals surface area contributed by atoms with E-state index in [4.69, 9.17) is 10.2 Å². The van der Waals surface area contributed by atoms with Crippen LogP contribution in [-0.4, -0.2) is 38.3 Å². The van der Waals surface area contributed by atoms with E-state index in [0.717, 1.165) is 18.4 Å². The van der Waals surface area contributed by atoms with Crippen LogP contribution in [0.2, 0.25) is 0 Å². The van der Waals surface area contributed by atoms with E-state index in [9.17, 15) is 13.2 Å². The van der Waals surface area contributed by atoms with Crippen LogP contribution >= 0.6 is 0 Å². The van der Waals surface area contributed by atoms with Crippen LogP contribution < -0.4 is 11.1 Å². The third-order valence-corrected chi connectivity index (χ3v) is 6.50. The van der Waals surface area contributed by atoms with Crippen LogP contribution in [-0.2, 0) is 10.0 Å². The molecule has 1 atom stereocenters. The number of aryl methyl sites for hydroxylation is 1. The Labute approximate surface area is 153 Å². The third kappa shape index (κ3) is 3.82. The lowest BCUT2D eigenvalue weighted by Gasteiger charge is -2.14. The summed E-state index contributed by atoms with van der Waals surface area (Å²) in [7, 11) is -3.62. The van der Waals surface area contributed by atoms with Crippen molar-refractivity contribution in [2.24, 2.45) is 5.73 Å². The molecule has 1 aromatic heterocycles. The molecule has 0 aliphatic carbocycles. The summed E-state index contributed by atoms with van der Waals surface area (Å²) in [4.78, 5) is 12.4. The summed E-state index contributed by atoms with van der Waals surface area (Å²) < 4.78 is 32.1. The second kappa shape index (κ2) is 7.61. The van der Waals surface area contributed by atoms with Crippen LogP contribution in [0.25, 0.3) is 0 Å². The second-order valence-electron chi connectivity index (χ2n) is 6.37. The first kappa shape index (κ1) is 18.6. The molecule has 1 saturated heterocycles. The van der Waals surface area contributed by atoms with E-state index in [2.05, 4.69) is 5.32 Å². The Balaban J connectivity index is 1.69. The molecule has 2 aromatic rings. The highest BCUT2D eigenvalue weighted by Gasteiger charge is 2.31. The molecule has 1 aliphatic heterocycles. The van der Waals surface area contributed by atoms with Crippen LogP contribution in [0.5, 0.6) is 0 Å². The van der Waals surface area contributed by atoms with Crippen molar-refractivity contribution in [1.82, 2.24) is 9.62 Å². The minimum Gasteiger partial charge on any atom is -0.455 e. The standard InChI is InChI=1S/C18H23N3O4S/c1-13-17(26(23,24)21-9-5-6-10-21)11-16(25-13)18(22)20-12-15(19)14-7-3-2-4-8-14/h2-4,7-8,11,15H,5-6,9-10,12,19H2,1H3,(H,20,22). The molecule has 1 fully saturated rings. The van der Waals surface area contributed by atoms with Crippen molar-refractivity contribution in [3.05, 3.63) is 53.5 Å². The summed E-state index contributed by atoms with van der Waals surface area (Å²) in [6, 6.07) is 10.4. The maximum Gasteiger partial charge on any atom is 0.287 e. The normalized spacial score (nSPS) is 16.5. The molecular formula is C18H23N3O4S. The van der Waals surface area contributed by atoms with Gasteiger partial charge < -0.3 is 15.5 Å². The molecule has 0 bridgehead atoms. The Kier molecular flexibility index (Phi) is 5.45. The van der Waals surface area contributed by atoms with Crippen molar-refractivity contribution in [2.45, 2.75) is 30.7 Å². The van der Waals surface area contributed by atoms with E-state index in [0.29, 0.717) is 13.1 Å². The van der Waals surface area contributed by atoms with Crippen molar-refractivity contribution in [3.63, 3.8) is 0 Å². The molecule has 140 valence electrons. The first-order chi connectivity index (χ1) is 12.4. The van der Waals surface area contributed by atoms with E-state index in [-0.39, 0.29) is 29.0 Å². The number of nitrogens with two attached hydrogens (primary N) is 1. The van der Waals surface area contributed by atoms with Gasteiger partial charge in [-0.25, -0.2) is 8.42 Å². The number of furan rings is 1. The van der Waals surface area contributed by atoms with Crippen LogP contribution in [0.15, 0.2) is 45.7 Å². The maximum absolute atomic E-state index is 12.7. The number of carbonyl (C=O) groups is 1. The topological polar surface area (TPSA) is 106 Å². The van der Waals surface area contributed by atoms with Gasteiger partial charge in [-0.05, 0) is 25.3 Å². The number of carbonyl (C=O) groups excluding carboxylic acids is 1. The largest absolute Gasteiger partial charge is 0.455 e. The van der Waals surface area contributed by atoms with E-state index in [1.54, 1.807) is 6.92 Å². The van der Waals surface area contributed by atoms with Crippen molar-refractivity contribution >= 4 is 15.9 Å². The van der Waals surface area contributed by atoms with Gasteiger partial charge in [-0.15, -0.1) is 0 Å². The fourth-order valence-corrected chi connectivity index (χ4v) is 4.69. The number of nitrogens with zero attached hydrogens (tertiary/aromatic N) is 1. The first-order valence-electron chi connectivity index (χ1n) is 8.59. The maximum atomic E-state index is 12.7. The van der Waals surface area contributed by atoms with Crippen molar-refractivity contribution in [2.75, 3.05) is 19.6 Å². The lowest BCUT2D eigenvalue weighted by molar-refractivity contribution is 0.0922. The van der Waals surface area contributed by atoms with Gasteiger partial charge in [-0.2, -0.15) is 4.31 Å². The number of benzene rings is 1. The molecule has 1 aliphatic rings. The van der Waals surface area contributed by atoms with Crippen LogP contribution in [0.3, 0.4) is 0 Å². The lowest BCUT2D eigenvalue weighted by Crippen LogP contribution is -2.31. The monoisotopic (exact) mass is 377 g/mol. The Hall–Kier alpha value is -2.16. The molecule has 0 radical (unpaired) electrons. The molecule has 0 saturated carbocycles. The van der Waals surface area contributed by atoms with E-state index >= 15 is 0 Å². The zero-order chi connectivity index (χ0) is 18.7. The van der Waals surface area contributed by atoms with Gasteiger partial charge in [-0.3, -0.25) is 4.79 Å². The number of rotatable bonds is 6. The predicted octanol–water partition coefficient (Wildman–Crippen LogP) is 1.80. The van der Waals surface area contributed by atoms with E-state index in [1.165, 1.54) is 10.4 Å². The molecule has 1 amide bonds. The SMILES string of the molecule is Cc1oc(C(=O)NCC(N)c2ccccc2)cc1S(=O)(=O)N1CCCC1. The smallest absolute Gasteiger partial charge is 0.287 e. The molecule has 1 unspecified atom stereocenters. The van der Waals surface area contributed by atoms with Crippen molar-refractivity contribution in [3.8, 4) is 0 Å². The third-order valence-electron chi connectivity index (χ3n) is 4.49. The number of amides is 1. The van der Waals surface area contributed by atoms with Crippen molar-refractivity contribution in [1.29, 1.82) is 0 Å². The van der Waals surface area contributed by atoms with Gasteiger partial charge in [0.15, 0.2) is 5.76 Å². The molecule has 1 aromatic carbocycles. The Bertz CT molecular complexity index is 871. The zero-order valence-electron chi connectivity index (χ0n) is 14.6. The Morgan fingerprint density at radius 2 is 1.92 bits per heavy atom. The van der Waals surface area contributed by atoms with Crippen molar-refractivity contribution < 1.29 is 17.6 Å². The summed E-state index contributed by atoms with van der Waals surface area (Å²) in [6.45, 7) is 2.77. The van der Waals surface area contributed by atoms with Gasteiger partial charge in [0, 0.05) is 31.7 Å². The van der Waals surface area contributed by atoms with E-state index in [1.807, 2.05) is 30.3 Å². The number of hydrogen-bond acceptors (Lipinski definition) is 5. The highest BCUT2D eigenvalue weighted by atomic mass is 32.2. The van der Waals surface area contributed by atoms with Crippen LogP contribution in [0.1, 0.15) is 40.8 Å². The Morgan fingerprint density at radius 3 is 2.58 bits per heavy atom. The highest BCUT2D eigenvalue weighted by molar-refractivity contribution is 7.89. The van der Waals surface area contributed by atoms with Crippen LogP contribution in [0, 0.1) is 6.92 Å². The first-order valence-corrected chi connectivity index (χ1v) is 10.0. The minimum atomic E-state index is -3.62. The zero-order valence-corrected chi connectivity index (χ0v) is 15.5. The molecule has 7 nitrogen and oxygen atoms in total. The van der Waals surface area contributed by atoms with Crippen LogP contribution in [0.4, 0.5) is 0 Å². The molecule has 0 spiro atoms. The van der Waals surface area contributed by atoms with Gasteiger partial charge in [0.05, 0.1) is 0 Å². The second-order valence-corrected chi connectivity index (χ2v) is 8.28. The predicted molar refractivity (Wildman–Crippen MR) is 97.1 cm³/mol. The molecule has 2 heterocycles. The fraction of sp³-hybridized carbons (Fsp3) is 0.389.